The second-order valence-corrected chi connectivity index (χ2v) is 6.03. The smallest absolute Gasteiger partial charge is 0.286 e. The summed E-state index contributed by atoms with van der Waals surface area (Å²) in [6.07, 6.45) is 5.73. The van der Waals surface area contributed by atoms with Gasteiger partial charge in [-0.15, -0.1) is 0 Å². The molecule has 25 heavy (non-hydrogen) atoms. The maximum atomic E-state index is 12.2. The van der Waals surface area contributed by atoms with E-state index in [1.807, 2.05) is 0 Å². The van der Waals surface area contributed by atoms with Gasteiger partial charge in [-0.25, -0.2) is 0 Å². The zero-order chi connectivity index (χ0) is 17.8. The van der Waals surface area contributed by atoms with Crippen LogP contribution in [-0.4, -0.2) is 40.3 Å². The Morgan fingerprint density at radius 2 is 1.92 bits per heavy atom. The number of likely N-dealkylation sites (tertiary alicyclic amines) is 1. The number of piperidine rings is 1. The molecule has 3 rings (SSSR count). The van der Waals surface area contributed by atoms with E-state index >= 15 is 0 Å². The van der Waals surface area contributed by atoms with Crippen molar-refractivity contribution in [1.82, 2.24) is 20.3 Å². The first-order valence-corrected chi connectivity index (χ1v) is 8.09. The predicted molar refractivity (Wildman–Crippen MR) is 88.4 cm³/mol. The van der Waals surface area contributed by atoms with Crippen LogP contribution in [0.1, 0.15) is 33.7 Å². The highest BCUT2D eigenvalue weighted by Crippen LogP contribution is 2.19. The first-order valence-electron chi connectivity index (χ1n) is 8.09. The molecule has 8 nitrogen and oxygen atoms in total. The normalized spacial score (nSPS) is 15.0. The van der Waals surface area contributed by atoms with Gasteiger partial charge in [0.15, 0.2) is 0 Å². The van der Waals surface area contributed by atoms with Crippen LogP contribution in [0, 0.1) is 5.92 Å². The number of hydrogen-bond acceptors (Lipinski definition) is 4. The molecule has 2 N–H and O–H groups in total. The summed E-state index contributed by atoms with van der Waals surface area (Å²) in [7, 11) is 1.75. The summed E-state index contributed by atoms with van der Waals surface area (Å²) in [6.45, 7) is 0.988. The van der Waals surface area contributed by atoms with E-state index in [-0.39, 0.29) is 23.6 Å². The summed E-state index contributed by atoms with van der Waals surface area (Å²) >= 11 is 0. The van der Waals surface area contributed by atoms with Crippen molar-refractivity contribution < 1.29 is 18.8 Å². The molecule has 0 aromatic carbocycles. The van der Waals surface area contributed by atoms with Gasteiger partial charge in [0.1, 0.15) is 12.0 Å². The molecule has 8 heteroatoms. The van der Waals surface area contributed by atoms with Crippen LogP contribution in [0.3, 0.4) is 0 Å². The second-order valence-electron chi connectivity index (χ2n) is 6.03. The molecule has 0 bridgehead atoms. The molecular weight excluding hydrogens is 324 g/mol. The number of hydrazine groups is 1. The number of rotatable bonds is 3. The third kappa shape index (κ3) is 3.73. The van der Waals surface area contributed by atoms with Gasteiger partial charge in [0.25, 0.3) is 11.8 Å². The molecule has 2 aromatic heterocycles. The molecule has 0 spiro atoms. The summed E-state index contributed by atoms with van der Waals surface area (Å²) in [5.74, 6) is -0.932. The van der Waals surface area contributed by atoms with E-state index in [9.17, 15) is 14.4 Å². The van der Waals surface area contributed by atoms with Crippen molar-refractivity contribution in [2.24, 2.45) is 13.0 Å². The van der Waals surface area contributed by atoms with Crippen LogP contribution in [0.15, 0.2) is 41.3 Å². The third-order valence-corrected chi connectivity index (χ3v) is 4.40. The summed E-state index contributed by atoms with van der Waals surface area (Å²) in [5.41, 5.74) is 5.87. The minimum absolute atomic E-state index is 0.0929. The van der Waals surface area contributed by atoms with E-state index < -0.39 is 0 Å². The molecule has 1 saturated heterocycles. The van der Waals surface area contributed by atoms with Gasteiger partial charge in [0.2, 0.25) is 5.91 Å². The number of furan rings is 1. The summed E-state index contributed by atoms with van der Waals surface area (Å²) in [6, 6.07) is 5.05. The number of hydrogen-bond donors (Lipinski definition) is 2. The number of aryl methyl sites for hydroxylation is 1. The van der Waals surface area contributed by atoms with E-state index in [2.05, 4.69) is 10.9 Å². The number of aromatic nitrogens is 1. The van der Waals surface area contributed by atoms with Crippen LogP contribution in [0.5, 0.6) is 0 Å². The van der Waals surface area contributed by atoms with Gasteiger partial charge in [-0.1, -0.05) is 0 Å². The first-order chi connectivity index (χ1) is 12.1. The molecule has 1 fully saturated rings. The summed E-state index contributed by atoms with van der Waals surface area (Å²) < 4.78 is 6.59. The molecule has 0 radical (unpaired) electrons. The highest BCUT2D eigenvalue weighted by atomic mass is 16.3. The van der Waals surface area contributed by atoms with Crippen molar-refractivity contribution in [2.45, 2.75) is 12.8 Å². The van der Waals surface area contributed by atoms with E-state index in [0.717, 1.165) is 0 Å². The topological polar surface area (TPSA) is 96.6 Å². The molecule has 3 heterocycles. The molecule has 1 aliphatic rings. The van der Waals surface area contributed by atoms with Crippen molar-refractivity contribution >= 4 is 17.7 Å². The lowest BCUT2D eigenvalue weighted by Crippen LogP contribution is -2.48. The highest BCUT2D eigenvalue weighted by molar-refractivity contribution is 5.95. The lowest BCUT2D eigenvalue weighted by Gasteiger charge is -2.31. The average molecular weight is 344 g/mol. The lowest BCUT2D eigenvalue weighted by atomic mass is 9.96. The predicted octanol–water partition coefficient (Wildman–Crippen LogP) is 0.932. The van der Waals surface area contributed by atoms with Gasteiger partial charge in [-0.2, -0.15) is 0 Å². The number of nitrogens with one attached hydrogen (secondary N) is 2. The van der Waals surface area contributed by atoms with Gasteiger partial charge in [0.05, 0.1) is 11.8 Å². The Bertz CT molecular complexity index is 757. The largest absolute Gasteiger partial charge is 0.472 e. The van der Waals surface area contributed by atoms with Gasteiger partial charge >= 0.3 is 0 Å². The van der Waals surface area contributed by atoms with E-state index in [0.29, 0.717) is 37.2 Å². The Balaban J connectivity index is 1.46. The monoisotopic (exact) mass is 344 g/mol. The highest BCUT2D eigenvalue weighted by Gasteiger charge is 2.28. The minimum Gasteiger partial charge on any atom is -0.472 e. The number of nitrogens with zero attached hydrogens (tertiary/aromatic N) is 2. The summed E-state index contributed by atoms with van der Waals surface area (Å²) in [5, 5.41) is 0. The van der Waals surface area contributed by atoms with Crippen molar-refractivity contribution in [3.8, 4) is 0 Å². The third-order valence-electron chi connectivity index (χ3n) is 4.40. The molecule has 3 amide bonds. The molecule has 0 unspecified atom stereocenters. The maximum Gasteiger partial charge on any atom is 0.286 e. The van der Waals surface area contributed by atoms with Gasteiger partial charge < -0.3 is 13.9 Å². The standard InChI is InChI=1S/C17H20N4O4/c1-20-7-2-3-14(20)16(23)19-18-15(22)12-4-8-21(9-5-12)17(24)13-6-10-25-11-13/h2-3,6-7,10-12H,4-5,8-9H2,1H3,(H,18,22)(H,19,23). The van der Waals surface area contributed by atoms with E-state index in [4.69, 9.17) is 4.42 Å². The van der Waals surface area contributed by atoms with Crippen molar-refractivity contribution in [1.29, 1.82) is 0 Å². The zero-order valence-electron chi connectivity index (χ0n) is 13.9. The SMILES string of the molecule is Cn1cccc1C(=O)NNC(=O)C1CCN(C(=O)c2ccoc2)CC1. The van der Waals surface area contributed by atoms with E-state index in [1.54, 1.807) is 40.9 Å². The quantitative estimate of drug-likeness (QED) is 0.810. The molecule has 132 valence electrons. The van der Waals surface area contributed by atoms with Gasteiger partial charge in [0, 0.05) is 32.3 Å². The fourth-order valence-corrected chi connectivity index (χ4v) is 2.89. The second kappa shape index (κ2) is 7.25. The van der Waals surface area contributed by atoms with Gasteiger partial charge in [-0.3, -0.25) is 25.2 Å². The molecular formula is C17H20N4O4. The van der Waals surface area contributed by atoms with Crippen LogP contribution < -0.4 is 10.9 Å². The Labute approximate surface area is 144 Å². The first kappa shape index (κ1) is 16.8. The lowest BCUT2D eigenvalue weighted by molar-refractivity contribution is -0.127. The number of carbonyl (C=O) groups excluding carboxylic acids is 3. The number of carbonyl (C=O) groups is 3. The summed E-state index contributed by atoms with van der Waals surface area (Å²) in [4.78, 5) is 38.1. The van der Waals surface area contributed by atoms with Crippen LogP contribution in [0.25, 0.3) is 0 Å². The van der Waals surface area contributed by atoms with E-state index in [1.165, 1.54) is 12.5 Å². The Hall–Kier alpha value is -3.03. The minimum atomic E-state index is -0.367. The molecule has 0 aliphatic carbocycles. The van der Waals surface area contributed by atoms with Crippen LogP contribution in [-0.2, 0) is 11.8 Å². The van der Waals surface area contributed by atoms with Crippen LogP contribution in [0.2, 0.25) is 0 Å². The Morgan fingerprint density at radius 1 is 1.16 bits per heavy atom. The van der Waals surface area contributed by atoms with Crippen molar-refractivity contribution in [2.75, 3.05) is 13.1 Å². The number of amides is 3. The molecule has 0 atom stereocenters. The van der Waals surface area contributed by atoms with Crippen LogP contribution >= 0.6 is 0 Å². The fraction of sp³-hybridized carbons (Fsp3) is 0.353. The fourth-order valence-electron chi connectivity index (χ4n) is 2.89. The zero-order valence-corrected chi connectivity index (χ0v) is 13.9. The Morgan fingerprint density at radius 3 is 2.52 bits per heavy atom. The van der Waals surface area contributed by atoms with Gasteiger partial charge in [-0.05, 0) is 31.0 Å². The Kier molecular flexibility index (Phi) is 4.87. The molecule has 0 saturated carbocycles. The maximum absolute atomic E-state index is 12.2. The van der Waals surface area contributed by atoms with Crippen molar-refractivity contribution in [3.05, 3.63) is 48.2 Å². The molecule has 2 aromatic rings. The van der Waals surface area contributed by atoms with Crippen LogP contribution in [0.4, 0.5) is 0 Å². The van der Waals surface area contributed by atoms with Crippen molar-refractivity contribution in [3.63, 3.8) is 0 Å². The average Bonchev–Trinajstić information content (AvgIpc) is 3.30. The molecule has 1 aliphatic heterocycles.